The third-order valence-corrected chi connectivity index (χ3v) is 10.4. The van der Waals surface area contributed by atoms with E-state index in [-0.39, 0.29) is 55.2 Å². The highest BCUT2D eigenvalue weighted by atomic mass is 32.2. The van der Waals surface area contributed by atoms with Gasteiger partial charge in [0.1, 0.15) is 36.4 Å². The molecule has 0 saturated carbocycles. The normalized spacial score (nSPS) is 14.6. The number of hydrogen-bond acceptors (Lipinski definition) is 14. The quantitative estimate of drug-likeness (QED) is 0.0937. The average molecular weight is 752 g/mol. The molecule has 1 aromatic carbocycles. The van der Waals surface area contributed by atoms with E-state index in [1.54, 1.807) is 6.07 Å². The molecule has 4 rings (SSSR count). The second-order valence-electron chi connectivity index (χ2n) is 12.1. The number of fused-ring (bicyclic) bond motifs is 1. The number of rotatable bonds is 21. The fourth-order valence-corrected chi connectivity index (χ4v) is 7.35. The molecular weight excluding hydrogens is 706 g/mol. The number of piperazine rings is 1. The van der Waals surface area contributed by atoms with Gasteiger partial charge in [0.2, 0.25) is 10.0 Å². The van der Waals surface area contributed by atoms with Gasteiger partial charge >= 0.3 is 5.97 Å². The summed E-state index contributed by atoms with van der Waals surface area (Å²) in [5.41, 5.74) is 2.03. The number of aromatic nitrogens is 3. The number of sulfonamides is 1. The second kappa shape index (κ2) is 18.6. The zero-order chi connectivity index (χ0) is 37.8. The maximum absolute atomic E-state index is 13.9. The highest BCUT2D eigenvalue weighted by molar-refractivity contribution is 7.89. The van der Waals surface area contributed by atoms with E-state index in [1.807, 2.05) is 36.4 Å². The van der Waals surface area contributed by atoms with Crippen molar-refractivity contribution in [3.05, 3.63) is 60.5 Å². The van der Waals surface area contributed by atoms with Crippen LogP contribution in [0.15, 0.2) is 34.1 Å². The van der Waals surface area contributed by atoms with Crippen LogP contribution in [-0.2, 0) is 42.2 Å². The first kappa shape index (κ1) is 40.0. The topological polar surface area (TPSA) is 232 Å². The number of benzene rings is 1. The van der Waals surface area contributed by atoms with Crippen molar-refractivity contribution < 1.29 is 42.5 Å². The van der Waals surface area contributed by atoms with E-state index in [2.05, 4.69) is 14.7 Å². The number of carbonyl (C=O) groups is 1. The standard InChI is InChI=1S/C32H45N7O12S/c1-4-8-23-21-36(6-3)30-29(23)33-31(34-32(30)41)26-20-25(11-12-27(26)48-18-5-2)52(46,47)37-15-13-35(14-16-37)17-19-49-28(40)10-7-9-24(51-39(44)45)22-50-38(42)43/h11-12,20-21,24H,4-10,13-19,22H2,1-3H3,(H,33,34,41)/t24-/m0/s1. The van der Waals surface area contributed by atoms with Crippen LogP contribution in [0.1, 0.15) is 58.4 Å². The van der Waals surface area contributed by atoms with E-state index in [4.69, 9.17) is 14.5 Å². The maximum atomic E-state index is 13.9. The summed E-state index contributed by atoms with van der Waals surface area (Å²) in [5.74, 6) is 0.0703. The van der Waals surface area contributed by atoms with Gasteiger partial charge in [-0.15, -0.1) is 20.2 Å². The minimum atomic E-state index is -3.95. The minimum absolute atomic E-state index is 0.0344. The van der Waals surface area contributed by atoms with Crippen LogP contribution in [0.5, 0.6) is 5.75 Å². The van der Waals surface area contributed by atoms with Crippen molar-refractivity contribution in [1.82, 2.24) is 23.7 Å². The van der Waals surface area contributed by atoms with Crippen LogP contribution in [-0.4, -0.2) is 107 Å². The molecule has 0 amide bonds. The van der Waals surface area contributed by atoms with Crippen molar-refractivity contribution in [2.75, 3.05) is 52.5 Å². The van der Waals surface area contributed by atoms with E-state index in [0.717, 1.165) is 24.8 Å². The van der Waals surface area contributed by atoms with Crippen LogP contribution in [0.2, 0.25) is 0 Å². The van der Waals surface area contributed by atoms with Crippen LogP contribution in [0.4, 0.5) is 0 Å². The van der Waals surface area contributed by atoms with Crippen molar-refractivity contribution >= 4 is 27.0 Å². The van der Waals surface area contributed by atoms with Crippen LogP contribution in [0, 0.1) is 20.2 Å². The zero-order valence-electron chi connectivity index (χ0n) is 29.5. The predicted molar refractivity (Wildman–Crippen MR) is 186 cm³/mol. The SMILES string of the molecule is CCCOc1ccc(S(=O)(=O)N2CCN(CCOC(=O)CCC[C@@H](CO[N+](=O)[O-])O[N+](=O)[O-])CC2)cc1-c1nc2c(CCC)cn(CC)c2c(=O)[nH]1. The smallest absolute Gasteiger partial charge is 0.305 e. The fraction of sp³-hybridized carbons (Fsp3) is 0.594. The van der Waals surface area contributed by atoms with Gasteiger partial charge in [-0.3, -0.25) is 14.5 Å². The molecule has 0 unspecified atom stereocenters. The third-order valence-electron chi connectivity index (χ3n) is 8.47. The Labute approximate surface area is 300 Å². The Morgan fingerprint density at radius 3 is 2.46 bits per heavy atom. The Balaban J connectivity index is 1.38. The highest BCUT2D eigenvalue weighted by Gasteiger charge is 2.30. The molecule has 1 N–H and O–H groups in total. The molecule has 0 bridgehead atoms. The molecule has 1 aliphatic rings. The van der Waals surface area contributed by atoms with Crippen LogP contribution >= 0.6 is 0 Å². The summed E-state index contributed by atoms with van der Waals surface area (Å²) in [5, 5.41) is 18.8. The Morgan fingerprint density at radius 1 is 1.06 bits per heavy atom. The molecule has 0 aliphatic carbocycles. The summed E-state index contributed by atoms with van der Waals surface area (Å²) in [7, 11) is -3.95. The van der Waals surface area contributed by atoms with Crippen molar-refractivity contribution in [3.8, 4) is 17.1 Å². The van der Waals surface area contributed by atoms with E-state index in [0.29, 0.717) is 55.1 Å². The van der Waals surface area contributed by atoms with Crippen molar-refractivity contribution in [3.63, 3.8) is 0 Å². The molecule has 1 atom stereocenters. The van der Waals surface area contributed by atoms with Crippen molar-refractivity contribution in [2.45, 2.75) is 76.8 Å². The summed E-state index contributed by atoms with van der Waals surface area (Å²) < 4.78 is 42.2. The second-order valence-corrected chi connectivity index (χ2v) is 14.1. The first-order chi connectivity index (χ1) is 24.9. The molecule has 19 nitrogen and oxygen atoms in total. The molecule has 3 aromatic rings. The average Bonchev–Trinajstić information content (AvgIpc) is 3.47. The van der Waals surface area contributed by atoms with Crippen LogP contribution in [0.25, 0.3) is 22.4 Å². The lowest BCUT2D eigenvalue weighted by atomic mass is 10.1. The number of hydrogen-bond donors (Lipinski definition) is 1. The van der Waals surface area contributed by atoms with Gasteiger partial charge < -0.3 is 28.7 Å². The Bertz CT molecular complexity index is 1870. The number of ether oxygens (including phenoxy) is 2. The van der Waals surface area contributed by atoms with Gasteiger partial charge in [-0.25, -0.2) is 13.4 Å². The first-order valence-corrected chi connectivity index (χ1v) is 18.7. The van der Waals surface area contributed by atoms with Gasteiger partial charge in [0.25, 0.3) is 15.7 Å². The van der Waals surface area contributed by atoms with E-state index < -0.39 is 38.9 Å². The molecule has 286 valence electrons. The highest BCUT2D eigenvalue weighted by Crippen LogP contribution is 2.33. The first-order valence-electron chi connectivity index (χ1n) is 17.2. The van der Waals surface area contributed by atoms with Crippen molar-refractivity contribution in [2.24, 2.45) is 0 Å². The van der Waals surface area contributed by atoms with Gasteiger partial charge in [-0.2, -0.15) is 4.31 Å². The minimum Gasteiger partial charge on any atom is -0.493 e. The van der Waals surface area contributed by atoms with Gasteiger partial charge in [-0.1, -0.05) is 20.3 Å². The summed E-state index contributed by atoms with van der Waals surface area (Å²) in [6.07, 6.45) is 3.05. The van der Waals surface area contributed by atoms with E-state index in [1.165, 1.54) is 16.4 Å². The molecule has 52 heavy (non-hydrogen) atoms. The molecule has 1 aliphatic heterocycles. The third kappa shape index (κ3) is 10.4. The summed E-state index contributed by atoms with van der Waals surface area (Å²) >= 11 is 0. The number of carbonyl (C=O) groups excluding carboxylic acids is 1. The zero-order valence-corrected chi connectivity index (χ0v) is 30.3. The molecular formula is C32H45N7O12S. The summed E-state index contributed by atoms with van der Waals surface area (Å²) in [6, 6.07) is 4.57. The number of aryl methyl sites for hydroxylation is 2. The monoisotopic (exact) mass is 751 g/mol. The molecule has 20 heteroatoms. The van der Waals surface area contributed by atoms with E-state index >= 15 is 0 Å². The molecule has 0 spiro atoms. The lowest BCUT2D eigenvalue weighted by Gasteiger charge is -2.33. The molecule has 1 saturated heterocycles. The summed E-state index contributed by atoms with van der Waals surface area (Å²) in [4.78, 5) is 64.6. The maximum Gasteiger partial charge on any atom is 0.305 e. The van der Waals surface area contributed by atoms with Crippen LogP contribution < -0.4 is 10.3 Å². The number of H-pyrrole nitrogens is 1. The predicted octanol–water partition coefficient (Wildman–Crippen LogP) is 2.96. The lowest BCUT2D eigenvalue weighted by Crippen LogP contribution is -2.49. The van der Waals surface area contributed by atoms with Gasteiger partial charge in [0, 0.05) is 51.9 Å². The molecule has 0 radical (unpaired) electrons. The van der Waals surface area contributed by atoms with Crippen LogP contribution in [0.3, 0.4) is 0 Å². The number of nitrogens with zero attached hydrogens (tertiary/aromatic N) is 6. The molecule has 1 fully saturated rings. The Morgan fingerprint density at radius 2 is 1.81 bits per heavy atom. The fourth-order valence-electron chi connectivity index (χ4n) is 5.90. The number of nitrogens with one attached hydrogen (secondary N) is 1. The van der Waals surface area contributed by atoms with Crippen molar-refractivity contribution in [1.29, 1.82) is 0 Å². The number of esters is 1. The largest absolute Gasteiger partial charge is 0.493 e. The Kier molecular flexibility index (Phi) is 14.3. The van der Waals surface area contributed by atoms with E-state index in [9.17, 15) is 38.2 Å². The van der Waals surface area contributed by atoms with Gasteiger partial charge in [0.05, 0.1) is 22.6 Å². The van der Waals surface area contributed by atoms with Gasteiger partial charge in [-0.05, 0) is 56.4 Å². The number of aromatic amines is 1. The molecule has 2 aromatic heterocycles. The lowest BCUT2D eigenvalue weighted by molar-refractivity contribution is -0.790. The Hall–Kier alpha value is -4.82. The summed E-state index contributed by atoms with van der Waals surface area (Å²) in [6.45, 7) is 7.85. The molecule has 3 heterocycles. The van der Waals surface area contributed by atoms with Gasteiger partial charge in [0.15, 0.2) is 0 Å².